The van der Waals surface area contributed by atoms with Gasteiger partial charge in [0.1, 0.15) is 0 Å². The van der Waals surface area contributed by atoms with Gasteiger partial charge in [0, 0.05) is 22.2 Å². The second-order valence-electron chi connectivity index (χ2n) is 5.30. The third kappa shape index (κ3) is 3.47. The zero-order valence-electron chi connectivity index (χ0n) is 11.3. The fourth-order valence-corrected chi connectivity index (χ4v) is 3.23. The molecule has 0 bridgehead atoms. The molecule has 1 amide bonds. The number of carbonyl (C=O) groups is 1. The van der Waals surface area contributed by atoms with Crippen molar-refractivity contribution in [3.63, 3.8) is 0 Å². The summed E-state index contributed by atoms with van der Waals surface area (Å²) in [7, 11) is 0. The van der Waals surface area contributed by atoms with Gasteiger partial charge in [0.25, 0.3) is 11.6 Å². The Morgan fingerprint density at radius 1 is 1.50 bits per heavy atom. The molecule has 0 aliphatic heterocycles. The van der Waals surface area contributed by atoms with Gasteiger partial charge in [-0.25, -0.2) is 0 Å². The van der Waals surface area contributed by atoms with Crippen LogP contribution < -0.4 is 5.32 Å². The third-order valence-electron chi connectivity index (χ3n) is 3.97. The summed E-state index contributed by atoms with van der Waals surface area (Å²) in [6.07, 6.45) is 3.58. The van der Waals surface area contributed by atoms with E-state index in [9.17, 15) is 14.9 Å². The number of carbonyl (C=O) groups excluding carboxylic acids is 1. The van der Waals surface area contributed by atoms with Crippen molar-refractivity contribution in [3.05, 3.63) is 37.4 Å². The maximum absolute atomic E-state index is 12.2. The van der Waals surface area contributed by atoms with E-state index in [1.807, 2.05) is 22.6 Å². The fourth-order valence-electron chi connectivity index (χ4n) is 2.65. The Labute approximate surface area is 131 Å². The van der Waals surface area contributed by atoms with Gasteiger partial charge in [-0.3, -0.25) is 14.9 Å². The first-order valence-corrected chi connectivity index (χ1v) is 7.79. The summed E-state index contributed by atoms with van der Waals surface area (Å²) in [4.78, 5) is 22.5. The summed E-state index contributed by atoms with van der Waals surface area (Å²) in [5, 5.41) is 13.7. The number of amides is 1. The van der Waals surface area contributed by atoms with E-state index in [0.717, 1.165) is 9.99 Å². The molecule has 1 aliphatic rings. The van der Waals surface area contributed by atoms with Crippen LogP contribution in [-0.4, -0.2) is 17.4 Å². The molecule has 1 aromatic rings. The van der Waals surface area contributed by atoms with Crippen molar-refractivity contribution >= 4 is 34.2 Å². The molecule has 1 aliphatic carbocycles. The average Bonchev–Trinajstić information content (AvgIpc) is 2.81. The van der Waals surface area contributed by atoms with Crippen LogP contribution in [0.2, 0.25) is 0 Å². The van der Waals surface area contributed by atoms with Gasteiger partial charge in [0.2, 0.25) is 0 Å². The molecule has 108 valence electrons. The van der Waals surface area contributed by atoms with E-state index in [2.05, 4.69) is 12.2 Å². The van der Waals surface area contributed by atoms with Gasteiger partial charge in [-0.15, -0.1) is 0 Å². The minimum absolute atomic E-state index is 0.0511. The standard InChI is InChI=1S/C14H17IN2O3/c1-9-3-2-4-10(9)8-16-14(18)12-7-11(17(19)20)5-6-13(12)15/h5-7,9-10H,2-4,8H2,1H3,(H,16,18). The molecule has 2 atom stereocenters. The number of nitrogens with zero attached hydrogens (tertiary/aromatic N) is 1. The number of hydrogen-bond acceptors (Lipinski definition) is 3. The molecule has 0 saturated heterocycles. The van der Waals surface area contributed by atoms with Gasteiger partial charge < -0.3 is 5.32 Å². The molecular formula is C14H17IN2O3. The van der Waals surface area contributed by atoms with Crippen molar-refractivity contribution < 1.29 is 9.72 Å². The summed E-state index contributed by atoms with van der Waals surface area (Å²) >= 11 is 2.02. The lowest BCUT2D eigenvalue weighted by Crippen LogP contribution is -2.30. The zero-order valence-corrected chi connectivity index (χ0v) is 13.4. The summed E-state index contributed by atoms with van der Waals surface area (Å²) in [6.45, 7) is 2.86. The number of hydrogen-bond donors (Lipinski definition) is 1. The second kappa shape index (κ2) is 6.51. The van der Waals surface area contributed by atoms with Crippen LogP contribution in [0.4, 0.5) is 5.69 Å². The summed E-state index contributed by atoms with van der Waals surface area (Å²) in [5.41, 5.74) is 0.329. The highest BCUT2D eigenvalue weighted by Gasteiger charge is 2.24. The van der Waals surface area contributed by atoms with Crippen molar-refractivity contribution in [3.8, 4) is 0 Å². The second-order valence-corrected chi connectivity index (χ2v) is 6.46. The van der Waals surface area contributed by atoms with Gasteiger partial charge in [0.15, 0.2) is 0 Å². The van der Waals surface area contributed by atoms with Crippen LogP contribution >= 0.6 is 22.6 Å². The zero-order chi connectivity index (χ0) is 14.7. The van der Waals surface area contributed by atoms with Crippen molar-refractivity contribution in [1.82, 2.24) is 5.32 Å². The number of nitrogens with one attached hydrogen (secondary N) is 1. The molecule has 1 aromatic carbocycles. The maximum Gasteiger partial charge on any atom is 0.270 e. The van der Waals surface area contributed by atoms with Crippen LogP contribution in [-0.2, 0) is 0 Å². The topological polar surface area (TPSA) is 72.2 Å². The van der Waals surface area contributed by atoms with Crippen LogP contribution in [0, 0.1) is 25.5 Å². The number of nitro benzene ring substituents is 1. The van der Waals surface area contributed by atoms with Crippen molar-refractivity contribution in [2.45, 2.75) is 26.2 Å². The molecule has 20 heavy (non-hydrogen) atoms. The van der Waals surface area contributed by atoms with Gasteiger partial charge in [0.05, 0.1) is 10.5 Å². The van der Waals surface area contributed by atoms with E-state index in [4.69, 9.17) is 0 Å². The van der Waals surface area contributed by atoms with Crippen molar-refractivity contribution in [2.24, 2.45) is 11.8 Å². The fraction of sp³-hybridized carbons (Fsp3) is 0.500. The maximum atomic E-state index is 12.2. The molecule has 5 nitrogen and oxygen atoms in total. The molecule has 0 heterocycles. The lowest BCUT2D eigenvalue weighted by Gasteiger charge is -2.16. The monoisotopic (exact) mass is 388 g/mol. The van der Waals surface area contributed by atoms with Crippen molar-refractivity contribution in [1.29, 1.82) is 0 Å². The van der Waals surface area contributed by atoms with Crippen LogP contribution in [0.1, 0.15) is 36.5 Å². The number of non-ortho nitro benzene ring substituents is 1. The molecule has 0 aromatic heterocycles. The van der Waals surface area contributed by atoms with Crippen LogP contribution in [0.25, 0.3) is 0 Å². The molecular weight excluding hydrogens is 371 g/mol. The first-order chi connectivity index (χ1) is 9.49. The van der Waals surface area contributed by atoms with E-state index in [-0.39, 0.29) is 11.6 Å². The summed E-state index contributed by atoms with van der Waals surface area (Å²) in [6, 6.07) is 4.36. The Kier molecular flexibility index (Phi) is 4.95. The normalized spacial score (nSPS) is 21.7. The average molecular weight is 388 g/mol. The number of benzene rings is 1. The Hall–Kier alpha value is -1.18. The Morgan fingerprint density at radius 2 is 2.25 bits per heavy atom. The van der Waals surface area contributed by atoms with E-state index < -0.39 is 4.92 Å². The Bertz CT molecular complexity index is 533. The van der Waals surface area contributed by atoms with Gasteiger partial charge >= 0.3 is 0 Å². The minimum Gasteiger partial charge on any atom is -0.352 e. The van der Waals surface area contributed by atoms with Crippen molar-refractivity contribution in [2.75, 3.05) is 6.54 Å². The van der Waals surface area contributed by atoms with Gasteiger partial charge in [-0.1, -0.05) is 19.8 Å². The third-order valence-corrected chi connectivity index (χ3v) is 4.91. The lowest BCUT2D eigenvalue weighted by atomic mass is 9.98. The molecule has 0 radical (unpaired) electrons. The largest absolute Gasteiger partial charge is 0.352 e. The number of halogens is 1. The molecule has 1 saturated carbocycles. The van der Waals surface area contributed by atoms with Gasteiger partial charge in [-0.05, 0) is 46.9 Å². The first kappa shape index (κ1) is 15.2. The Balaban J connectivity index is 2.05. The van der Waals surface area contributed by atoms with E-state index in [1.54, 1.807) is 6.07 Å². The van der Waals surface area contributed by atoms with Crippen LogP contribution in [0.5, 0.6) is 0 Å². The smallest absolute Gasteiger partial charge is 0.270 e. The molecule has 6 heteroatoms. The number of rotatable bonds is 4. The van der Waals surface area contributed by atoms with E-state index in [0.29, 0.717) is 23.9 Å². The van der Waals surface area contributed by atoms with Crippen LogP contribution in [0.15, 0.2) is 18.2 Å². The summed E-state index contributed by atoms with van der Waals surface area (Å²) < 4.78 is 0.727. The predicted molar refractivity (Wildman–Crippen MR) is 84.7 cm³/mol. The highest BCUT2D eigenvalue weighted by atomic mass is 127. The Morgan fingerprint density at radius 3 is 2.85 bits per heavy atom. The van der Waals surface area contributed by atoms with E-state index >= 15 is 0 Å². The SMILES string of the molecule is CC1CCCC1CNC(=O)c1cc([N+](=O)[O-])ccc1I. The quantitative estimate of drug-likeness (QED) is 0.489. The molecule has 2 unspecified atom stereocenters. The van der Waals surface area contributed by atoms with Gasteiger partial charge in [-0.2, -0.15) is 0 Å². The molecule has 2 rings (SSSR count). The highest BCUT2D eigenvalue weighted by molar-refractivity contribution is 14.1. The van der Waals surface area contributed by atoms with Crippen LogP contribution in [0.3, 0.4) is 0 Å². The molecule has 1 fully saturated rings. The summed E-state index contributed by atoms with van der Waals surface area (Å²) in [5.74, 6) is 0.937. The predicted octanol–water partition coefficient (Wildman–Crippen LogP) is 3.37. The van der Waals surface area contributed by atoms with E-state index in [1.165, 1.54) is 25.0 Å². The molecule has 1 N–H and O–H groups in total. The first-order valence-electron chi connectivity index (χ1n) is 6.71. The molecule has 0 spiro atoms. The lowest BCUT2D eigenvalue weighted by molar-refractivity contribution is -0.384. The highest BCUT2D eigenvalue weighted by Crippen LogP contribution is 2.30. The number of nitro groups is 1. The minimum atomic E-state index is -0.480.